The highest BCUT2D eigenvalue weighted by atomic mass is 16.6. The summed E-state index contributed by atoms with van der Waals surface area (Å²) in [7, 11) is 1.68. The van der Waals surface area contributed by atoms with E-state index in [1.807, 2.05) is 0 Å². The van der Waals surface area contributed by atoms with Gasteiger partial charge in [0, 0.05) is 7.11 Å². The third-order valence-corrected chi connectivity index (χ3v) is 5.26. The van der Waals surface area contributed by atoms with Crippen LogP contribution in [0.2, 0.25) is 0 Å². The zero-order chi connectivity index (χ0) is 14.5. The molecule has 0 aromatic rings. The molecule has 0 amide bonds. The molecule has 1 spiro atoms. The van der Waals surface area contributed by atoms with Crippen molar-refractivity contribution in [2.24, 2.45) is 5.92 Å². The van der Waals surface area contributed by atoms with Gasteiger partial charge in [0.25, 0.3) is 0 Å². The molecule has 3 rings (SSSR count). The normalized spacial score (nSPS) is 50.0. The molecule has 2 saturated heterocycles. The lowest BCUT2D eigenvalue weighted by Crippen LogP contribution is -2.54. The van der Waals surface area contributed by atoms with Crippen molar-refractivity contribution in [3.63, 3.8) is 0 Å². The van der Waals surface area contributed by atoms with Gasteiger partial charge in [0.15, 0.2) is 0 Å². The van der Waals surface area contributed by atoms with Crippen LogP contribution in [-0.4, -0.2) is 48.3 Å². The summed E-state index contributed by atoms with van der Waals surface area (Å²) in [5, 5.41) is 10.2. The number of aliphatic hydroxyl groups is 1. The molecule has 1 aliphatic carbocycles. The van der Waals surface area contributed by atoms with E-state index in [1.165, 1.54) is 5.57 Å². The zero-order valence-electron chi connectivity index (χ0n) is 12.9. The monoisotopic (exact) mass is 282 g/mol. The minimum atomic E-state index is -0.412. The van der Waals surface area contributed by atoms with E-state index in [0.29, 0.717) is 0 Å². The molecule has 20 heavy (non-hydrogen) atoms. The van der Waals surface area contributed by atoms with Gasteiger partial charge < -0.3 is 19.3 Å². The quantitative estimate of drug-likeness (QED) is 0.633. The summed E-state index contributed by atoms with van der Waals surface area (Å²) in [6.45, 7) is 7.13. The van der Waals surface area contributed by atoms with Crippen LogP contribution in [0, 0.1) is 5.92 Å². The Kier molecular flexibility index (Phi) is 3.49. The summed E-state index contributed by atoms with van der Waals surface area (Å²) in [5.74, 6) is 0.124. The Bertz CT molecular complexity index is 411. The highest BCUT2D eigenvalue weighted by Crippen LogP contribution is 2.59. The van der Waals surface area contributed by atoms with Crippen LogP contribution in [0.25, 0.3) is 0 Å². The average molecular weight is 282 g/mol. The van der Waals surface area contributed by atoms with Crippen molar-refractivity contribution >= 4 is 0 Å². The van der Waals surface area contributed by atoms with Crippen molar-refractivity contribution in [2.45, 2.75) is 69.5 Å². The van der Waals surface area contributed by atoms with Gasteiger partial charge in [0.2, 0.25) is 0 Å². The molecule has 6 atom stereocenters. The molecule has 0 aromatic heterocycles. The van der Waals surface area contributed by atoms with Gasteiger partial charge in [-0.3, -0.25) is 0 Å². The molecule has 3 fully saturated rings. The van der Waals surface area contributed by atoms with Crippen LogP contribution in [0.5, 0.6) is 0 Å². The third kappa shape index (κ3) is 2.23. The van der Waals surface area contributed by atoms with Gasteiger partial charge in [0.05, 0.1) is 36.4 Å². The highest BCUT2D eigenvalue weighted by Gasteiger charge is 2.71. The average Bonchev–Trinajstić information content (AvgIpc) is 3.29. The number of methoxy groups -OCH3 is 1. The van der Waals surface area contributed by atoms with Crippen LogP contribution >= 0.6 is 0 Å². The maximum atomic E-state index is 10.2. The van der Waals surface area contributed by atoms with E-state index in [2.05, 4.69) is 26.8 Å². The molecule has 1 unspecified atom stereocenters. The Morgan fingerprint density at radius 2 is 2.15 bits per heavy atom. The molecular weight excluding hydrogens is 256 g/mol. The molecule has 2 aliphatic heterocycles. The summed E-state index contributed by atoms with van der Waals surface area (Å²) < 4.78 is 17.4. The van der Waals surface area contributed by atoms with Crippen molar-refractivity contribution in [2.75, 3.05) is 13.7 Å². The van der Waals surface area contributed by atoms with Gasteiger partial charge in [0.1, 0.15) is 5.60 Å². The second-order valence-corrected chi connectivity index (χ2v) is 6.94. The minimum absolute atomic E-state index is 0.117. The molecule has 2 heterocycles. The van der Waals surface area contributed by atoms with Crippen molar-refractivity contribution in [3.05, 3.63) is 11.6 Å². The molecule has 1 N–H and O–H groups in total. The summed E-state index contributed by atoms with van der Waals surface area (Å²) >= 11 is 0. The Morgan fingerprint density at radius 3 is 2.70 bits per heavy atom. The van der Waals surface area contributed by atoms with Crippen molar-refractivity contribution in [1.82, 2.24) is 0 Å². The first-order valence-corrected chi connectivity index (χ1v) is 7.59. The fourth-order valence-electron chi connectivity index (χ4n) is 3.96. The van der Waals surface area contributed by atoms with Crippen LogP contribution in [0.3, 0.4) is 0 Å². The number of hydrogen-bond donors (Lipinski definition) is 1. The van der Waals surface area contributed by atoms with Crippen LogP contribution in [0.4, 0.5) is 0 Å². The molecular formula is C16H26O4. The fourth-order valence-corrected chi connectivity index (χ4v) is 3.96. The van der Waals surface area contributed by atoms with E-state index in [4.69, 9.17) is 14.2 Å². The van der Waals surface area contributed by atoms with Gasteiger partial charge in [-0.25, -0.2) is 0 Å². The minimum Gasteiger partial charge on any atom is -0.390 e. The first kappa shape index (κ1) is 14.5. The molecule has 4 heteroatoms. The van der Waals surface area contributed by atoms with Crippen molar-refractivity contribution in [3.8, 4) is 0 Å². The summed E-state index contributed by atoms with van der Waals surface area (Å²) in [5.41, 5.74) is 0.964. The number of epoxide rings is 2. The lowest BCUT2D eigenvalue weighted by atomic mass is 9.68. The predicted molar refractivity (Wildman–Crippen MR) is 75.5 cm³/mol. The lowest BCUT2D eigenvalue weighted by molar-refractivity contribution is -0.116. The Balaban J connectivity index is 1.78. The first-order valence-electron chi connectivity index (χ1n) is 7.59. The molecule has 0 aromatic carbocycles. The van der Waals surface area contributed by atoms with Gasteiger partial charge in [-0.15, -0.1) is 0 Å². The summed E-state index contributed by atoms with van der Waals surface area (Å²) in [6.07, 6.45) is 4.43. The SMILES string of the molecule is CO[C@@H]1[C@H](O)CCC2(CO2)[C@H]1[C@@]1(C)O[C@@H]1CC=C(C)C. The Morgan fingerprint density at radius 1 is 1.45 bits per heavy atom. The van der Waals surface area contributed by atoms with E-state index in [1.54, 1.807) is 7.11 Å². The van der Waals surface area contributed by atoms with E-state index in [0.717, 1.165) is 25.9 Å². The van der Waals surface area contributed by atoms with Gasteiger partial charge in [-0.05, 0) is 40.0 Å². The summed E-state index contributed by atoms with van der Waals surface area (Å²) in [4.78, 5) is 0. The maximum Gasteiger partial charge on any atom is 0.101 e. The van der Waals surface area contributed by atoms with E-state index >= 15 is 0 Å². The lowest BCUT2D eigenvalue weighted by Gasteiger charge is -2.41. The second-order valence-electron chi connectivity index (χ2n) is 6.94. The number of hydrogen-bond acceptors (Lipinski definition) is 4. The van der Waals surface area contributed by atoms with Gasteiger partial charge in [-0.2, -0.15) is 0 Å². The largest absolute Gasteiger partial charge is 0.390 e. The standard InChI is InChI=1S/C16H26O4/c1-10(2)5-6-12-15(3,20-12)14-13(18-4)11(17)7-8-16(14)9-19-16/h5,11-14,17H,6-9H2,1-4H3/t11-,12-,13-,14-,15+,16?/m1/s1. The Labute approximate surface area is 121 Å². The zero-order valence-corrected chi connectivity index (χ0v) is 12.9. The fraction of sp³-hybridized carbons (Fsp3) is 0.875. The third-order valence-electron chi connectivity index (χ3n) is 5.26. The van der Waals surface area contributed by atoms with E-state index < -0.39 is 6.10 Å². The van der Waals surface area contributed by atoms with Crippen molar-refractivity contribution < 1.29 is 19.3 Å². The first-order chi connectivity index (χ1) is 9.43. The molecule has 4 nitrogen and oxygen atoms in total. The van der Waals surface area contributed by atoms with Crippen LogP contribution < -0.4 is 0 Å². The Hall–Kier alpha value is -0.420. The van der Waals surface area contributed by atoms with E-state index in [-0.39, 0.29) is 29.3 Å². The number of ether oxygens (including phenoxy) is 3. The molecule has 1 saturated carbocycles. The topological polar surface area (TPSA) is 54.5 Å². The number of rotatable bonds is 4. The van der Waals surface area contributed by atoms with Crippen molar-refractivity contribution in [1.29, 1.82) is 0 Å². The highest BCUT2D eigenvalue weighted by molar-refractivity contribution is 5.20. The molecule has 0 radical (unpaired) electrons. The smallest absolute Gasteiger partial charge is 0.101 e. The van der Waals surface area contributed by atoms with Gasteiger partial charge >= 0.3 is 0 Å². The van der Waals surface area contributed by atoms with Gasteiger partial charge in [-0.1, -0.05) is 11.6 Å². The maximum absolute atomic E-state index is 10.2. The number of aliphatic hydroxyl groups excluding tert-OH is 1. The van der Waals surface area contributed by atoms with Crippen LogP contribution in [0.1, 0.15) is 40.0 Å². The predicted octanol–water partition coefficient (Wildman–Crippen LogP) is 2.06. The van der Waals surface area contributed by atoms with Crippen LogP contribution in [0.15, 0.2) is 11.6 Å². The molecule has 0 bridgehead atoms. The van der Waals surface area contributed by atoms with Crippen LogP contribution in [-0.2, 0) is 14.2 Å². The van der Waals surface area contributed by atoms with E-state index in [9.17, 15) is 5.11 Å². The summed E-state index contributed by atoms with van der Waals surface area (Å²) in [6, 6.07) is 0. The second kappa shape index (κ2) is 4.80. The number of allylic oxidation sites excluding steroid dienone is 1. The molecule has 114 valence electrons. The molecule has 3 aliphatic rings.